The summed E-state index contributed by atoms with van der Waals surface area (Å²) in [6, 6.07) is 0. The van der Waals surface area contributed by atoms with Crippen LogP contribution in [0, 0.1) is 11.5 Å². The number of nitriles is 1. The van der Waals surface area contributed by atoms with Gasteiger partial charge in [-0.15, -0.1) is 0 Å². The van der Waals surface area contributed by atoms with Crippen LogP contribution in [0.2, 0.25) is 0 Å². The summed E-state index contributed by atoms with van der Waals surface area (Å²) >= 11 is 0. The Morgan fingerprint density at radius 2 is 2.10 bits per heavy atom. The summed E-state index contributed by atoms with van der Waals surface area (Å²) in [5.74, 6) is -1.34. The third-order valence-corrected chi connectivity index (χ3v) is 0.556. The van der Waals surface area contributed by atoms with Gasteiger partial charge in [0.15, 0.2) is 6.19 Å². The van der Waals surface area contributed by atoms with Crippen molar-refractivity contribution in [2.24, 2.45) is 0 Å². The van der Waals surface area contributed by atoms with E-state index in [1.165, 1.54) is 5.32 Å². The van der Waals surface area contributed by atoms with Crippen molar-refractivity contribution in [1.29, 1.82) is 5.26 Å². The second-order valence-electron chi connectivity index (χ2n) is 1.45. The summed E-state index contributed by atoms with van der Waals surface area (Å²) in [5, 5.41) is 9.03. The fourth-order valence-electron chi connectivity index (χ4n) is 0.289. The van der Waals surface area contributed by atoms with E-state index >= 15 is 0 Å². The predicted octanol–water partition coefficient (Wildman–Crippen LogP) is 0.536. The maximum Gasteiger partial charge on any atom is 0.397 e. The minimum atomic E-state index is -4.54. The van der Waals surface area contributed by atoms with Crippen molar-refractivity contribution in [1.82, 2.24) is 5.32 Å². The van der Waals surface area contributed by atoms with Crippen molar-refractivity contribution in [3.8, 4) is 6.19 Å². The number of alkyl halides is 3. The van der Waals surface area contributed by atoms with Crippen LogP contribution in [0.15, 0.2) is 0 Å². The summed E-state index contributed by atoms with van der Waals surface area (Å²) in [4.78, 5) is 10.0. The normalized spacial score (nSPS) is 10.2. The maximum atomic E-state index is 11.3. The molecule has 0 atom stereocenters. The van der Waals surface area contributed by atoms with E-state index in [-0.39, 0.29) is 0 Å². The second kappa shape index (κ2) is 3.06. The largest absolute Gasteiger partial charge is 0.397 e. The van der Waals surface area contributed by atoms with Crippen molar-refractivity contribution < 1.29 is 18.0 Å². The number of amides is 1. The van der Waals surface area contributed by atoms with E-state index in [0.29, 0.717) is 0 Å². The molecule has 0 saturated carbocycles. The number of hydrogen-bond acceptors (Lipinski definition) is 2. The molecule has 1 N–H and O–H groups in total. The fraction of sp³-hybridized carbons (Fsp3) is 0.500. The standard InChI is InChI=1S/C4H3F3N2O/c5-4(6,7)1-3(10)9-2-8/h1H2,(H,9,10). The molecule has 0 heterocycles. The zero-order valence-corrected chi connectivity index (χ0v) is 4.70. The molecule has 0 unspecified atom stereocenters. The molecule has 0 aliphatic carbocycles. The van der Waals surface area contributed by atoms with Gasteiger partial charge in [-0.2, -0.15) is 18.4 Å². The number of nitrogens with one attached hydrogen (secondary N) is 1. The molecule has 56 valence electrons. The lowest BCUT2D eigenvalue weighted by Gasteiger charge is -2.01. The van der Waals surface area contributed by atoms with E-state index in [1.807, 2.05) is 0 Å². The SMILES string of the molecule is N#CNC(=O)CC(F)(F)F. The smallest absolute Gasteiger partial charge is 0.274 e. The highest BCUT2D eigenvalue weighted by atomic mass is 19.4. The molecule has 0 aliphatic rings. The molecule has 0 saturated heterocycles. The zero-order chi connectivity index (χ0) is 8.20. The molecule has 0 aromatic rings. The van der Waals surface area contributed by atoms with Crippen LogP contribution in [0.25, 0.3) is 0 Å². The molecule has 0 radical (unpaired) electrons. The molecule has 6 heteroatoms. The molecule has 0 fully saturated rings. The Hall–Kier alpha value is -1.25. The molecular weight excluding hydrogens is 149 g/mol. The number of carbonyl (C=O) groups is 1. The monoisotopic (exact) mass is 152 g/mol. The number of nitrogens with zero attached hydrogens (tertiary/aromatic N) is 1. The molecular formula is C4H3F3N2O. The third kappa shape index (κ3) is 4.90. The van der Waals surface area contributed by atoms with Crippen molar-refractivity contribution in [2.75, 3.05) is 0 Å². The predicted molar refractivity (Wildman–Crippen MR) is 24.4 cm³/mol. The van der Waals surface area contributed by atoms with Crippen LogP contribution >= 0.6 is 0 Å². The highest BCUT2D eigenvalue weighted by molar-refractivity contribution is 5.77. The van der Waals surface area contributed by atoms with E-state index in [9.17, 15) is 18.0 Å². The Labute approximate surface area is 54.4 Å². The van der Waals surface area contributed by atoms with Crippen LogP contribution in [0.5, 0.6) is 0 Å². The van der Waals surface area contributed by atoms with Gasteiger partial charge in [0.2, 0.25) is 5.91 Å². The van der Waals surface area contributed by atoms with E-state index in [4.69, 9.17) is 5.26 Å². The third-order valence-electron chi connectivity index (χ3n) is 0.556. The first-order valence-corrected chi connectivity index (χ1v) is 2.20. The van der Waals surface area contributed by atoms with Gasteiger partial charge in [-0.05, 0) is 0 Å². The molecule has 0 aliphatic heterocycles. The van der Waals surface area contributed by atoms with Crippen molar-refractivity contribution in [3.63, 3.8) is 0 Å². The van der Waals surface area contributed by atoms with Gasteiger partial charge < -0.3 is 0 Å². The van der Waals surface area contributed by atoms with E-state index in [2.05, 4.69) is 0 Å². The highest BCUT2D eigenvalue weighted by Crippen LogP contribution is 2.18. The Morgan fingerprint density at radius 1 is 1.60 bits per heavy atom. The van der Waals surface area contributed by atoms with Crippen LogP contribution in [0.1, 0.15) is 6.42 Å². The van der Waals surface area contributed by atoms with Gasteiger partial charge in [0, 0.05) is 0 Å². The molecule has 1 amide bonds. The molecule has 0 aromatic carbocycles. The number of hydrogen-bond donors (Lipinski definition) is 1. The molecule has 0 spiro atoms. The number of halogens is 3. The summed E-state index contributed by atoms with van der Waals surface area (Å²) < 4.78 is 33.8. The zero-order valence-electron chi connectivity index (χ0n) is 4.70. The lowest BCUT2D eigenvalue weighted by molar-refractivity contribution is -0.152. The van der Waals surface area contributed by atoms with Crippen molar-refractivity contribution in [3.05, 3.63) is 0 Å². The first-order valence-electron chi connectivity index (χ1n) is 2.20. The lowest BCUT2D eigenvalue weighted by Crippen LogP contribution is -2.24. The maximum absolute atomic E-state index is 11.3. The average molecular weight is 152 g/mol. The van der Waals surface area contributed by atoms with Gasteiger partial charge >= 0.3 is 6.18 Å². The van der Waals surface area contributed by atoms with Crippen LogP contribution in [0.3, 0.4) is 0 Å². The van der Waals surface area contributed by atoms with Crippen LogP contribution in [-0.4, -0.2) is 12.1 Å². The second-order valence-corrected chi connectivity index (χ2v) is 1.45. The summed E-state index contributed by atoms with van der Waals surface area (Å²) in [6.45, 7) is 0. The van der Waals surface area contributed by atoms with Gasteiger partial charge in [0.25, 0.3) is 0 Å². The van der Waals surface area contributed by atoms with Crippen molar-refractivity contribution >= 4 is 5.91 Å². The van der Waals surface area contributed by atoms with Gasteiger partial charge in [0.05, 0.1) is 0 Å². The van der Waals surface area contributed by atoms with E-state index in [0.717, 1.165) is 6.19 Å². The Kier molecular flexibility index (Phi) is 2.67. The number of rotatable bonds is 1. The lowest BCUT2D eigenvalue weighted by atomic mass is 10.4. The minimum absolute atomic E-state index is 1.09. The summed E-state index contributed by atoms with van der Waals surface area (Å²) in [7, 11) is 0. The molecule has 0 bridgehead atoms. The Morgan fingerprint density at radius 3 is 2.40 bits per heavy atom. The Bertz CT molecular complexity index is 168. The highest BCUT2D eigenvalue weighted by Gasteiger charge is 2.30. The number of carbonyl (C=O) groups excluding carboxylic acids is 1. The van der Waals surface area contributed by atoms with Gasteiger partial charge in [-0.25, -0.2) is 0 Å². The molecule has 3 nitrogen and oxygen atoms in total. The molecule has 0 aromatic heterocycles. The van der Waals surface area contributed by atoms with Crippen molar-refractivity contribution in [2.45, 2.75) is 12.6 Å². The van der Waals surface area contributed by atoms with Crippen LogP contribution < -0.4 is 5.32 Å². The molecule has 10 heavy (non-hydrogen) atoms. The molecule has 0 rings (SSSR count). The first kappa shape index (κ1) is 8.75. The topological polar surface area (TPSA) is 52.9 Å². The van der Waals surface area contributed by atoms with Crippen LogP contribution in [-0.2, 0) is 4.79 Å². The van der Waals surface area contributed by atoms with Gasteiger partial charge in [-0.3, -0.25) is 10.1 Å². The van der Waals surface area contributed by atoms with E-state index < -0.39 is 18.5 Å². The van der Waals surface area contributed by atoms with Crippen LogP contribution in [0.4, 0.5) is 13.2 Å². The first-order chi connectivity index (χ1) is 4.45. The van der Waals surface area contributed by atoms with E-state index in [1.54, 1.807) is 0 Å². The minimum Gasteiger partial charge on any atom is -0.274 e. The Balaban J connectivity index is 3.72. The van der Waals surface area contributed by atoms with Gasteiger partial charge in [-0.1, -0.05) is 0 Å². The summed E-state index contributed by atoms with van der Waals surface area (Å²) in [5.41, 5.74) is 0. The average Bonchev–Trinajstić information content (AvgIpc) is 1.59. The quantitative estimate of drug-likeness (QED) is 0.440. The van der Waals surface area contributed by atoms with Gasteiger partial charge in [0.1, 0.15) is 6.42 Å². The summed E-state index contributed by atoms with van der Waals surface area (Å²) in [6.07, 6.45) is -5.06. The fourth-order valence-corrected chi connectivity index (χ4v) is 0.289.